The Labute approximate surface area is 148 Å². The summed E-state index contributed by atoms with van der Waals surface area (Å²) < 4.78 is 4.99. The number of methoxy groups -OCH3 is 1. The molecular weight excluding hydrogens is 320 g/mol. The highest BCUT2D eigenvalue weighted by atomic mass is 16.5. The minimum Gasteiger partial charge on any atom is -0.481 e. The lowest BCUT2D eigenvalue weighted by Crippen LogP contribution is -2.42. The summed E-state index contributed by atoms with van der Waals surface area (Å²) in [5.74, 6) is -0.420. The third-order valence-electron chi connectivity index (χ3n) is 6.24. The molecule has 0 bridgehead atoms. The molecule has 7 heteroatoms. The van der Waals surface area contributed by atoms with E-state index < -0.39 is 11.4 Å². The van der Waals surface area contributed by atoms with Gasteiger partial charge in [0.25, 0.3) is 0 Å². The van der Waals surface area contributed by atoms with Crippen molar-refractivity contribution in [3.05, 3.63) is 18.0 Å². The molecule has 136 valence electrons. The fourth-order valence-corrected chi connectivity index (χ4v) is 4.97. The molecule has 3 fully saturated rings. The van der Waals surface area contributed by atoms with Crippen LogP contribution in [-0.2, 0) is 11.3 Å². The summed E-state index contributed by atoms with van der Waals surface area (Å²) in [6.07, 6.45) is 8.56. The molecule has 0 radical (unpaired) electrons. The van der Waals surface area contributed by atoms with Crippen molar-refractivity contribution in [2.75, 3.05) is 33.3 Å². The van der Waals surface area contributed by atoms with Crippen molar-refractivity contribution in [1.29, 1.82) is 0 Å². The number of likely N-dealkylation sites (tertiary alicyclic amines) is 2. The van der Waals surface area contributed by atoms with E-state index in [1.165, 1.54) is 25.7 Å². The quantitative estimate of drug-likeness (QED) is 0.859. The largest absolute Gasteiger partial charge is 0.481 e. The second-order valence-electron chi connectivity index (χ2n) is 7.77. The lowest BCUT2D eigenvalue weighted by atomic mass is 9.81. The Morgan fingerprint density at radius 3 is 2.60 bits per heavy atom. The molecular formula is C18H26N4O3. The number of rotatable bonds is 5. The molecule has 1 aromatic heterocycles. The fourth-order valence-electron chi connectivity index (χ4n) is 4.97. The summed E-state index contributed by atoms with van der Waals surface area (Å²) in [5.41, 5.74) is 0.379. The number of fused-ring (bicyclic) bond motifs is 1. The van der Waals surface area contributed by atoms with Crippen molar-refractivity contribution in [2.45, 2.75) is 38.3 Å². The molecule has 4 rings (SSSR count). The monoisotopic (exact) mass is 346 g/mol. The van der Waals surface area contributed by atoms with Crippen molar-refractivity contribution in [3.8, 4) is 6.01 Å². The Morgan fingerprint density at radius 2 is 2.00 bits per heavy atom. The van der Waals surface area contributed by atoms with Crippen LogP contribution in [0.3, 0.4) is 0 Å². The normalized spacial score (nSPS) is 30.7. The van der Waals surface area contributed by atoms with Crippen LogP contribution in [-0.4, -0.2) is 70.2 Å². The van der Waals surface area contributed by atoms with Crippen molar-refractivity contribution in [3.63, 3.8) is 0 Å². The van der Waals surface area contributed by atoms with E-state index in [9.17, 15) is 9.90 Å². The lowest BCUT2D eigenvalue weighted by Gasteiger charge is -2.28. The maximum atomic E-state index is 12.2. The third kappa shape index (κ3) is 3.00. The van der Waals surface area contributed by atoms with Crippen LogP contribution in [0.15, 0.2) is 12.4 Å². The van der Waals surface area contributed by atoms with Gasteiger partial charge in [0.2, 0.25) is 0 Å². The zero-order valence-corrected chi connectivity index (χ0v) is 14.7. The Bertz CT molecular complexity index is 632. The first-order valence-corrected chi connectivity index (χ1v) is 9.15. The summed E-state index contributed by atoms with van der Waals surface area (Å²) in [6, 6.07) is 0.960. The summed E-state index contributed by atoms with van der Waals surface area (Å²) >= 11 is 0. The number of hydrogen-bond donors (Lipinski definition) is 1. The van der Waals surface area contributed by atoms with Crippen LogP contribution in [0.1, 0.15) is 31.2 Å². The van der Waals surface area contributed by atoms with E-state index >= 15 is 0 Å². The van der Waals surface area contributed by atoms with Gasteiger partial charge in [0.15, 0.2) is 0 Å². The molecule has 1 saturated carbocycles. The summed E-state index contributed by atoms with van der Waals surface area (Å²) in [6.45, 7) is 3.77. The molecule has 1 aromatic rings. The molecule has 2 atom stereocenters. The molecule has 25 heavy (non-hydrogen) atoms. The highest BCUT2D eigenvalue weighted by Gasteiger charge is 2.58. The fraction of sp³-hybridized carbons (Fsp3) is 0.722. The van der Waals surface area contributed by atoms with Gasteiger partial charge < -0.3 is 9.84 Å². The number of aromatic nitrogens is 2. The van der Waals surface area contributed by atoms with E-state index in [1.807, 2.05) is 0 Å². The highest BCUT2D eigenvalue weighted by molar-refractivity contribution is 5.77. The lowest BCUT2D eigenvalue weighted by molar-refractivity contribution is -0.149. The van der Waals surface area contributed by atoms with Gasteiger partial charge in [-0.15, -0.1) is 0 Å². The van der Waals surface area contributed by atoms with Crippen LogP contribution in [0.4, 0.5) is 0 Å². The molecule has 3 heterocycles. The van der Waals surface area contributed by atoms with E-state index in [1.54, 1.807) is 19.5 Å². The third-order valence-corrected chi connectivity index (χ3v) is 6.24. The maximum absolute atomic E-state index is 12.2. The average Bonchev–Trinajstić information content (AvgIpc) is 3.29. The second kappa shape index (κ2) is 6.53. The van der Waals surface area contributed by atoms with Gasteiger partial charge in [0.1, 0.15) is 0 Å². The first kappa shape index (κ1) is 16.7. The zero-order valence-electron chi connectivity index (χ0n) is 14.7. The molecule has 3 aliphatic rings. The topological polar surface area (TPSA) is 78.8 Å². The SMILES string of the molecule is COc1ncc(CN2C[C@H]3CN(C4CCCC4)C[C@@]3(C(=O)O)C2)cn1. The summed E-state index contributed by atoms with van der Waals surface area (Å²) in [5, 5.41) is 9.99. The standard InChI is InChI=1S/C18H26N4O3/c1-25-17-19-6-13(7-20-17)8-21-9-14-10-22(15-4-2-3-5-15)12-18(14,11-21)16(23)24/h6-7,14-15H,2-5,8-12H2,1H3,(H,23,24)/t14-,18-/m0/s1. The number of carboxylic acids is 1. The maximum Gasteiger partial charge on any atom is 0.316 e. The number of hydrogen-bond acceptors (Lipinski definition) is 6. The van der Waals surface area contributed by atoms with Crippen molar-refractivity contribution in [2.24, 2.45) is 11.3 Å². The molecule has 2 saturated heterocycles. The molecule has 0 aromatic carbocycles. The van der Waals surface area contributed by atoms with Gasteiger partial charge in [-0.25, -0.2) is 9.97 Å². The van der Waals surface area contributed by atoms with Crippen LogP contribution in [0, 0.1) is 11.3 Å². The van der Waals surface area contributed by atoms with E-state index in [-0.39, 0.29) is 5.92 Å². The molecule has 0 amide bonds. The van der Waals surface area contributed by atoms with E-state index in [0.717, 1.165) is 18.7 Å². The number of carboxylic acid groups (broad SMARTS) is 1. The molecule has 7 nitrogen and oxygen atoms in total. The molecule has 0 spiro atoms. The van der Waals surface area contributed by atoms with E-state index in [4.69, 9.17) is 4.74 Å². The van der Waals surface area contributed by atoms with Gasteiger partial charge in [-0.1, -0.05) is 12.8 Å². The Morgan fingerprint density at radius 1 is 1.28 bits per heavy atom. The van der Waals surface area contributed by atoms with Crippen molar-refractivity contribution in [1.82, 2.24) is 19.8 Å². The van der Waals surface area contributed by atoms with Gasteiger partial charge in [-0.3, -0.25) is 14.6 Å². The van der Waals surface area contributed by atoms with E-state index in [0.29, 0.717) is 31.7 Å². The number of ether oxygens (including phenoxy) is 1. The Balaban J connectivity index is 1.44. The first-order chi connectivity index (χ1) is 12.1. The second-order valence-corrected chi connectivity index (χ2v) is 7.77. The summed E-state index contributed by atoms with van der Waals surface area (Å²) in [4.78, 5) is 25.1. The van der Waals surface area contributed by atoms with Gasteiger partial charge in [0.05, 0.1) is 12.5 Å². The van der Waals surface area contributed by atoms with Crippen LogP contribution in [0.2, 0.25) is 0 Å². The van der Waals surface area contributed by atoms with Gasteiger partial charge in [-0.05, 0) is 12.8 Å². The molecule has 1 aliphatic carbocycles. The van der Waals surface area contributed by atoms with Crippen molar-refractivity contribution >= 4 is 5.97 Å². The predicted molar refractivity (Wildman–Crippen MR) is 91.2 cm³/mol. The average molecular weight is 346 g/mol. The minimum atomic E-state index is -0.633. The minimum absolute atomic E-state index is 0.213. The van der Waals surface area contributed by atoms with Crippen LogP contribution in [0.25, 0.3) is 0 Å². The van der Waals surface area contributed by atoms with Crippen LogP contribution in [0.5, 0.6) is 6.01 Å². The molecule has 2 aliphatic heterocycles. The number of aliphatic carboxylic acids is 1. The van der Waals surface area contributed by atoms with Crippen molar-refractivity contribution < 1.29 is 14.6 Å². The van der Waals surface area contributed by atoms with Crippen LogP contribution < -0.4 is 4.74 Å². The van der Waals surface area contributed by atoms with Gasteiger partial charge in [0, 0.05) is 62.6 Å². The smallest absolute Gasteiger partial charge is 0.316 e. The van der Waals surface area contributed by atoms with Gasteiger partial charge >= 0.3 is 12.0 Å². The predicted octanol–water partition coefficient (Wildman–Crippen LogP) is 1.25. The zero-order chi connectivity index (χ0) is 17.4. The van der Waals surface area contributed by atoms with Crippen LogP contribution >= 0.6 is 0 Å². The Hall–Kier alpha value is -1.73. The first-order valence-electron chi connectivity index (χ1n) is 9.15. The number of nitrogens with zero attached hydrogens (tertiary/aromatic N) is 4. The Kier molecular flexibility index (Phi) is 4.37. The number of carbonyl (C=O) groups is 1. The highest BCUT2D eigenvalue weighted by Crippen LogP contribution is 2.45. The molecule has 0 unspecified atom stereocenters. The van der Waals surface area contributed by atoms with E-state index in [2.05, 4.69) is 19.8 Å². The van der Waals surface area contributed by atoms with Gasteiger partial charge in [-0.2, -0.15) is 0 Å². The summed E-state index contributed by atoms with van der Waals surface area (Å²) in [7, 11) is 1.55. The molecule has 1 N–H and O–H groups in total.